The van der Waals surface area contributed by atoms with E-state index in [2.05, 4.69) is 43.1 Å². The van der Waals surface area contributed by atoms with E-state index in [4.69, 9.17) is 0 Å². The molecule has 6 nitrogen and oxygen atoms in total. The monoisotopic (exact) mass is 444 g/mol. The Morgan fingerprint density at radius 1 is 1.00 bits per heavy atom. The van der Waals surface area contributed by atoms with Crippen molar-refractivity contribution in [2.24, 2.45) is 0 Å². The van der Waals surface area contributed by atoms with Gasteiger partial charge in [-0.25, -0.2) is 0 Å². The van der Waals surface area contributed by atoms with E-state index in [-0.39, 0.29) is 23.1 Å². The summed E-state index contributed by atoms with van der Waals surface area (Å²) in [6.45, 7) is 7.89. The van der Waals surface area contributed by atoms with Gasteiger partial charge < -0.3 is 9.80 Å². The molecular formula is C27H32N4O2. The maximum Gasteiger partial charge on any atom is 0.278 e. The Kier molecular flexibility index (Phi) is 6.36. The van der Waals surface area contributed by atoms with Crippen LogP contribution >= 0.6 is 0 Å². The van der Waals surface area contributed by atoms with Crippen LogP contribution in [0.4, 0.5) is 5.69 Å². The smallest absolute Gasteiger partial charge is 0.278 e. The van der Waals surface area contributed by atoms with Gasteiger partial charge >= 0.3 is 0 Å². The Labute approximate surface area is 195 Å². The van der Waals surface area contributed by atoms with Crippen LogP contribution in [0.2, 0.25) is 0 Å². The number of aromatic amines is 1. The average Bonchev–Trinajstić information content (AvgIpc) is 3.33. The van der Waals surface area contributed by atoms with Crippen molar-refractivity contribution in [1.82, 2.24) is 15.1 Å². The van der Waals surface area contributed by atoms with Crippen molar-refractivity contribution in [3.8, 4) is 0 Å². The minimum atomic E-state index is -0.144. The number of nitrogens with one attached hydrogen (secondary N) is 1. The zero-order chi connectivity index (χ0) is 23.6. The molecule has 1 aliphatic rings. The van der Waals surface area contributed by atoms with Gasteiger partial charge in [-0.2, -0.15) is 5.10 Å². The number of likely N-dealkylation sites (tertiary alicyclic amines) is 1. The van der Waals surface area contributed by atoms with Gasteiger partial charge in [0.05, 0.1) is 0 Å². The van der Waals surface area contributed by atoms with Crippen LogP contribution in [0.1, 0.15) is 71.6 Å². The number of para-hydroxylation sites is 1. The Balaban J connectivity index is 1.36. The molecule has 4 rings (SSSR count). The van der Waals surface area contributed by atoms with Crippen LogP contribution in [0, 0.1) is 0 Å². The Bertz CT molecular complexity index is 1110. The molecular weight excluding hydrogens is 412 g/mol. The Morgan fingerprint density at radius 2 is 1.64 bits per heavy atom. The van der Waals surface area contributed by atoms with Crippen LogP contribution in [0.15, 0.2) is 60.7 Å². The van der Waals surface area contributed by atoms with Gasteiger partial charge in [0.1, 0.15) is 0 Å². The van der Waals surface area contributed by atoms with Crippen molar-refractivity contribution >= 4 is 17.5 Å². The summed E-state index contributed by atoms with van der Waals surface area (Å²) in [5, 5.41) is 7.33. The number of amides is 2. The van der Waals surface area contributed by atoms with Crippen LogP contribution in [-0.2, 0) is 5.41 Å². The number of benzene rings is 2. The second-order valence-electron chi connectivity index (χ2n) is 9.80. The van der Waals surface area contributed by atoms with E-state index in [1.165, 1.54) is 5.56 Å². The highest BCUT2D eigenvalue weighted by atomic mass is 16.2. The van der Waals surface area contributed by atoms with E-state index in [0.29, 0.717) is 18.8 Å². The Hall–Kier alpha value is -3.41. The summed E-state index contributed by atoms with van der Waals surface area (Å²) in [4.78, 5) is 29.3. The zero-order valence-corrected chi connectivity index (χ0v) is 19.8. The van der Waals surface area contributed by atoms with Crippen LogP contribution < -0.4 is 4.90 Å². The molecule has 1 saturated heterocycles. The summed E-state index contributed by atoms with van der Waals surface area (Å²) in [7, 11) is 1.75. The van der Waals surface area contributed by atoms with E-state index < -0.39 is 0 Å². The van der Waals surface area contributed by atoms with Crippen molar-refractivity contribution in [3.63, 3.8) is 0 Å². The molecule has 1 aromatic heterocycles. The van der Waals surface area contributed by atoms with Gasteiger partial charge in [0.2, 0.25) is 0 Å². The first-order valence-electron chi connectivity index (χ1n) is 11.5. The largest absolute Gasteiger partial charge is 0.339 e. The van der Waals surface area contributed by atoms with E-state index >= 15 is 0 Å². The molecule has 1 fully saturated rings. The zero-order valence-electron chi connectivity index (χ0n) is 19.8. The van der Waals surface area contributed by atoms with Crippen molar-refractivity contribution in [3.05, 3.63) is 83.2 Å². The first kappa shape index (κ1) is 22.8. The number of hydrogen-bond acceptors (Lipinski definition) is 3. The third kappa shape index (κ3) is 5.00. The number of hydrogen-bond donors (Lipinski definition) is 1. The molecule has 0 atom stereocenters. The summed E-state index contributed by atoms with van der Waals surface area (Å²) in [5.41, 5.74) is 4.23. The molecule has 0 radical (unpaired) electrons. The fraction of sp³-hybridized carbons (Fsp3) is 0.370. The molecule has 1 aliphatic heterocycles. The molecule has 2 heterocycles. The molecule has 0 spiro atoms. The van der Waals surface area contributed by atoms with Gasteiger partial charge in [-0.15, -0.1) is 0 Å². The fourth-order valence-electron chi connectivity index (χ4n) is 4.28. The molecule has 6 heteroatoms. The van der Waals surface area contributed by atoms with Crippen molar-refractivity contribution in [2.75, 3.05) is 25.0 Å². The minimum absolute atomic E-state index is 0.0696. The molecule has 0 aliphatic carbocycles. The third-order valence-corrected chi connectivity index (χ3v) is 6.48. The number of piperidine rings is 1. The second-order valence-corrected chi connectivity index (χ2v) is 9.80. The maximum atomic E-state index is 13.0. The fourth-order valence-corrected chi connectivity index (χ4v) is 4.28. The van der Waals surface area contributed by atoms with Crippen molar-refractivity contribution in [1.29, 1.82) is 0 Å². The SMILES string of the molecule is CN(C(=O)c1cc(C2CCN(C(=O)c3ccc(C(C)(C)C)cc3)CC2)[nH]n1)c1ccccc1. The molecule has 0 saturated carbocycles. The van der Waals surface area contributed by atoms with E-state index in [1.54, 1.807) is 11.9 Å². The summed E-state index contributed by atoms with van der Waals surface area (Å²) >= 11 is 0. The van der Waals surface area contributed by atoms with Gasteiger partial charge in [-0.1, -0.05) is 51.1 Å². The molecule has 3 aromatic rings. The van der Waals surface area contributed by atoms with Crippen LogP contribution in [0.5, 0.6) is 0 Å². The van der Waals surface area contributed by atoms with Gasteiger partial charge in [0.25, 0.3) is 11.8 Å². The van der Waals surface area contributed by atoms with Crippen molar-refractivity contribution < 1.29 is 9.59 Å². The second kappa shape index (κ2) is 9.22. The molecule has 33 heavy (non-hydrogen) atoms. The molecule has 172 valence electrons. The Morgan fingerprint density at radius 3 is 2.24 bits per heavy atom. The highest BCUT2D eigenvalue weighted by Crippen LogP contribution is 2.29. The summed E-state index contributed by atoms with van der Waals surface area (Å²) < 4.78 is 0. The lowest BCUT2D eigenvalue weighted by Crippen LogP contribution is -2.38. The van der Waals surface area contributed by atoms with Gasteiger partial charge in [-0.3, -0.25) is 14.7 Å². The summed E-state index contributed by atoms with van der Waals surface area (Å²) in [5.74, 6) is 0.197. The number of aromatic nitrogens is 2. The lowest BCUT2D eigenvalue weighted by molar-refractivity contribution is 0.0712. The summed E-state index contributed by atoms with van der Waals surface area (Å²) in [6.07, 6.45) is 1.69. The summed E-state index contributed by atoms with van der Waals surface area (Å²) in [6, 6.07) is 19.4. The minimum Gasteiger partial charge on any atom is -0.339 e. The van der Waals surface area contributed by atoms with Crippen LogP contribution in [0.3, 0.4) is 0 Å². The topological polar surface area (TPSA) is 69.3 Å². The van der Waals surface area contributed by atoms with E-state index in [9.17, 15) is 9.59 Å². The molecule has 0 unspecified atom stereocenters. The predicted molar refractivity (Wildman–Crippen MR) is 131 cm³/mol. The predicted octanol–water partition coefficient (Wildman–Crippen LogP) is 5.00. The first-order chi connectivity index (χ1) is 15.7. The molecule has 2 aromatic carbocycles. The molecule has 1 N–H and O–H groups in total. The van der Waals surface area contributed by atoms with Crippen LogP contribution in [0.25, 0.3) is 0 Å². The lowest BCUT2D eigenvalue weighted by atomic mass is 9.86. The van der Waals surface area contributed by atoms with Gasteiger partial charge in [-0.05, 0) is 54.2 Å². The highest BCUT2D eigenvalue weighted by Gasteiger charge is 2.27. The molecule has 0 bridgehead atoms. The third-order valence-electron chi connectivity index (χ3n) is 6.48. The van der Waals surface area contributed by atoms with E-state index in [1.807, 2.05) is 53.4 Å². The number of nitrogens with zero attached hydrogens (tertiary/aromatic N) is 3. The quantitative estimate of drug-likeness (QED) is 0.615. The lowest BCUT2D eigenvalue weighted by Gasteiger charge is -2.31. The van der Waals surface area contributed by atoms with Crippen molar-refractivity contribution in [2.45, 2.75) is 44.9 Å². The number of carbonyl (C=O) groups excluding carboxylic acids is 2. The highest BCUT2D eigenvalue weighted by molar-refractivity contribution is 6.04. The maximum absolute atomic E-state index is 13.0. The number of rotatable bonds is 4. The van der Waals surface area contributed by atoms with Crippen LogP contribution in [-0.4, -0.2) is 47.0 Å². The standard InChI is InChI=1S/C27H32N4O2/c1-27(2,3)21-12-10-20(11-13-21)25(32)31-16-14-19(15-17-31)23-18-24(29-28-23)26(33)30(4)22-8-6-5-7-9-22/h5-13,18-19H,14-17H2,1-4H3,(H,28,29). The van der Waals surface area contributed by atoms with Gasteiger partial charge in [0.15, 0.2) is 5.69 Å². The first-order valence-corrected chi connectivity index (χ1v) is 11.5. The average molecular weight is 445 g/mol. The van der Waals surface area contributed by atoms with E-state index in [0.717, 1.165) is 29.8 Å². The number of carbonyl (C=O) groups is 2. The number of anilines is 1. The molecule has 2 amide bonds. The normalized spacial score (nSPS) is 14.8. The van der Waals surface area contributed by atoms with Gasteiger partial charge in [0, 0.05) is 43.0 Å². The number of H-pyrrole nitrogens is 1.